The smallest absolute Gasteiger partial charge is 0.271 e. The topological polar surface area (TPSA) is 72.7 Å². The van der Waals surface area contributed by atoms with Crippen LogP contribution in [0.25, 0.3) is 0 Å². The molecule has 0 spiro atoms. The number of hydrogen-bond donors (Lipinski definition) is 0. The lowest BCUT2D eigenvalue weighted by Gasteiger charge is -2.25. The van der Waals surface area contributed by atoms with E-state index in [-0.39, 0.29) is 11.3 Å². The Bertz CT molecular complexity index is 486. The maximum atomic E-state index is 13.6. The van der Waals surface area contributed by atoms with Crippen LogP contribution in [0.4, 0.5) is 10.1 Å². The Labute approximate surface area is 102 Å². The van der Waals surface area contributed by atoms with Crippen molar-refractivity contribution >= 4 is 11.6 Å². The number of benzene rings is 1. The molecule has 2 rings (SSSR count). The fraction of sp³-hybridized carbons (Fsp3) is 0.364. The van der Waals surface area contributed by atoms with Crippen molar-refractivity contribution in [3.8, 4) is 0 Å². The van der Waals surface area contributed by atoms with E-state index in [0.29, 0.717) is 13.2 Å². The van der Waals surface area contributed by atoms with E-state index < -0.39 is 16.6 Å². The molecule has 96 valence electrons. The van der Waals surface area contributed by atoms with E-state index in [0.717, 1.165) is 36.1 Å². The van der Waals surface area contributed by atoms with Crippen molar-refractivity contribution in [1.82, 2.24) is 5.06 Å². The predicted octanol–water partition coefficient (Wildman–Crippen LogP) is 1.90. The molecule has 1 heterocycles. The minimum atomic E-state index is -0.914. The highest BCUT2D eigenvalue weighted by atomic mass is 19.1. The molecule has 0 atom stereocenters. The van der Waals surface area contributed by atoms with Gasteiger partial charge in [-0.2, -0.15) is 0 Å². The van der Waals surface area contributed by atoms with Crippen molar-refractivity contribution in [2.45, 2.75) is 12.8 Å². The van der Waals surface area contributed by atoms with Crippen LogP contribution >= 0.6 is 0 Å². The Balaban J connectivity index is 2.22. The molecule has 1 aromatic carbocycles. The Kier molecular flexibility index (Phi) is 3.52. The quantitative estimate of drug-likeness (QED) is 0.596. The van der Waals surface area contributed by atoms with Gasteiger partial charge in [0.2, 0.25) is 0 Å². The SMILES string of the molecule is O=C(c1ccc([N+](=O)[O-])cc1F)N1CCCCO1. The van der Waals surface area contributed by atoms with Crippen LogP contribution in [0, 0.1) is 15.9 Å². The van der Waals surface area contributed by atoms with Crippen molar-refractivity contribution in [3.05, 3.63) is 39.7 Å². The van der Waals surface area contributed by atoms with Gasteiger partial charge >= 0.3 is 0 Å². The van der Waals surface area contributed by atoms with Gasteiger partial charge in [0.25, 0.3) is 11.6 Å². The Morgan fingerprint density at radius 3 is 2.78 bits per heavy atom. The van der Waals surface area contributed by atoms with Gasteiger partial charge < -0.3 is 0 Å². The van der Waals surface area contributed by atoms with Crippen molar-refractivity contribution in [1.29, 1.82) is 0 Å². The monoisotopic (exact) mass is 254 g/mol. The lowest BCUT2D eigenvalue weighted by Crippen LogP contribution is -2.36. The Hall–Kier alpha value is -2.02. The van der Waals surface area contributed by atoms with Crippen LogP contribution in [0.5, 0.6) is 0 Å². The summed E-state index contributed by atoms with van der Waals surface area (Å²) in [7, 11) is 0. The second kappa shape index (κ2) is 5.09. The maximum absolute atomic E-state index is 13.6. The molecular weight excluding hydrogens is 243 g/mol. The molecule has 7 heteroatoms. The van der Waals surface area contributed by atoms with Crippen molar-refractivity contribution in [2.75, 3.05) is 13.2 Å². The zero-order valence-corrected chi connectivity index (χ0v) is 9.47. The van der Waals surface area contributed by atoms with Crippen molar-refractivity contribution < 1.29 is 18.9 Å². The van der Waals surface area contributed by atoms with Crippen molar-refractivity contribution in [3.63, 3.8) is 0 Å². The molecule has 6 nitrogen and oxygen atoms in total. The molecule has 0 N–H and O–H groups in total. The first-order valence-electron chi connectivity index (χ1n) is 5.48. The number of nitrogens with zero attached hydrogens (tertiary/aromatic N) is 2. The van der Waals surface area contributed by atoms with E-state index >= 15 is 0 Å². The minimum absolute atomic E-state index is 0.220. The molecule has 1 saturated heterocycles. The van der Waals surface area contributed by atoms with Gasteiger partial charge in [-0.1, -0.05) is 0 Å². The maximum Gasteiger partial charge on any atom is 0.280 e. The van der Waals surface area contributed by atoms with Gasteiger partial charge in [-0.25, -0.2) is 9.45 Å². The molecule has 1 aromatic rings. The third-order valence-corrected chi connectivity index (χ3v) is 2.62. The summed E-state index contributed by atoms with van der Waals surface area (Å²) in [4.78, 5) is 26.7. The molecule has 1 fully saturated rings. The molecule has 1 aliphatic rings. The minimum Gasteiger partial charge on any atom is -0.271 e. The largest absolute Gasteiger partial charge is 0.280 e. The molecule has 0 unspecified atom stereocenters. The molecule has 1 amide bonds. The van der Waals surface area contributed by atoms with E-state index in [1.165, 1.54) is 0 Å². The summed E-state index contributed by atoms with van der Waals surface area (Å²) < 4.78 is 13.6. The van der Waals surface area contributed by atoms with E-state index in [2.05, 4.69) is 0 Å². The zero-order chi connectivity index (χ0) is 13.1. The first-order valence-corrected chi connectivity index (χ1v) is 5.48. The number of carbonyl (C=O) groups excluding carboxylic acids is 1. The van der Waals surface area contributed by atoms with Crippen molar-refractivity contribution in [2.24, 2.45) is 0 Å². The van der Waals surface area contributed by atoms with Crippen LogP contribution in [0.3, 0.4) is 0 Å². The van der Waals surface area contributed by atoms with Crippen LogP contribution < -0.4 is 0 Å². The summed E-state index contributed by atoms with van der Waals surface area (Å²) in [6.07, 6.45) is 1.65. The molecule has 1 aliphatic heterocycles. The van der Waals surface area contributed by atoms with E-state index in [1.807, 2.05) is 0 Å². The van der Waals surface area contributed by atoms with Crippen LogP contribution in [-0.4, -0.2) is 29.0 Å². The second-order valence-corrected chi connectivity index (χ2v) is 3.87. The summed E-state index contributed by atoms with van der Waals surface area (Å²) in [5.74, 6) is -1.52. The second-order valence-electron chi connectivity index (χ2n) is 3.87. The van der Waals surface area contributed by atoms with Gasteiger partial charge in [0.05, 0.1) is 23.2 Å². The molecular formula is C11H11FN2O4. The van der Waals surface area contributed by atoms with Crippen LogP contribution in [-0.2, 0) is 4.84 Å². The van der Waals surface area contributed by atoms with Crippen LogP contribution in [0.1, 0.15) is 23.2 Å². The number of carbonyl (C=O) groups is 1. The third-order valence-electron chi connectivity index (χ3n) is 2.62. The molecule has 0 bridgehead atoms. The average Bonchev–Trinajstić information content (AvgIpc) is 2.38. The average molecular weight is 254 g/mol. The van der Waals surface area contributed by atoms with E-state index in [4.69, 9.17) is 4.84 Å². The van der Waals surface area contributed by atoms with Gasteiger partial charge in [0, 0.05) is 12.6 Å². The van der Waals surface area contributed by atoms with Gasteiger partial charge in [-0.3, -0.25) is 19.7 Å². The molecule has 18 heavy (non-hydrogen) atoms. The number of nitro groups is 1. The first kappa shape index (κ1) is 12.4. The van der Waals surface area contributed by atoms with E-state index in [1.54, 1.807) is 0 Å². The first-order chi connectivity index (χ1) is 8.59. The standard InChI is InChI=1S/C11H11FN2O4/c12-10-7-8(14(16)17)3-4-9(10)11(15)13-5-1-2-6-18-13/h3-4,7H,1-2,5-6H2. The number of hydroxylamine groups is 2. The summed E-state index contributed by atoms with van der Waals surface area (Å²) in [6.45, 7) is 0.815. The number of halogens is 1. The fourth-order valence-corrected chi connectivity index (χ4v) is 1.68. The van der Waals surface area contributed by atoms with E-state index in [9.17, 15) is 19.3 Å². The van der Waals surface area contributed by atoms with Gasteiger partial charge in [0.1, 0.15) is 5.82 Å². The van der Waals surface area contributed by atoms with Crippen LogP contribution in [0.2, 0.25) is 0 Å². The molecule has 0 radical (unpaired) electrons. The lowest BCUT2D eigenvalue weighted by molar-refractivity contribution is -0.385. The number of nitro benzene ring substituents is 1. The molecule has 0 aromatic heterocycles. The lowest BCUT2D eigenvalue weighted by atomic mass is 10.1. The Morgan fingerprint density at radius 1 is 1.44 bits per heavy atom. The summed E-state index contributed by atoms with van der Waals surface area (Å²) in [6, 6.07) is 2.94. The van der Waals surface area contributed by atoms with Gasteiger partial charge in [0.15, 0.2) is 0 Å². The third kappa shape index (κ3) is 2.45. The highest BCUT2D eigenvalue weighted by Gasteiger charge is 2.23. The number of rotatable bonds is 2. The highest BCUT2D eigenvalue weighted by molar-refractivity contribution is 5.94. The van der Waals surface area contributed by atoms with Gasteiger partial charge in [-0.05, 0) is 18.9 Å². The normalized spacial score (nSPS) is 15.5. The number of amides is 1. The summed E-state index contributed by atoms with van der Waals surface area (Å²) >= 11 is 0. The summed E-state index contributed by atoms with van der Waals surface area (Å²) in [5, 5.41) is 11.5. The Morgan fingerprint density at radius 2 is 2.22 bits per heavy atom. The molecule has 0 saturated carbocycles. The fourth-order valence-electron chi connectivity index (χ4n) is 1.68. The predicted molar refractivity (Wildman–Crippen MR) is 59.3 cm³/mol. The number of non-ortho nitro benzene ring substituents is 1. The summed E-state index contributed by atoms with van der Waals surface area (Å²) in [5.41, 5.74) is -0.605. The van der Waals surface area contributed by atoms with Crippen LogP contribution in [0.15, 0.2) is 18.2 Å². The number of hydrogen-bond acceptors (Lipinski definition) is 4. The van der Waals surface area contributed by atoms with Gasteiger partial charge in [-0.15, -0.1) is 0 Å². The molecule has 0 aliphatic carbocycles. The highest BCUT2D eigenvalue weighted by Crippen LogP contribution is 2.19. The zero-order valence-electron chi connectivity index (χ0n) is 9.47.